The number of phenols is 3. The van der Waals surface area contributed by atoms with Crippen LogP contribution >= 0.6 is 0 Å². The van der Waals surface area contributed by atoms with Crippen molar-refractivity contribution in [3.05, 3.63) is 65.2 Å². The predicted octanol–water partition coefficient (Wildman–Crippen LogP) is 1.69. The van der Waals surface area contributed by atoms with Gasteiger partial charge in [0, 0.05) is 11.6 Å². The summed E-state index contributed by atoms with van der Waals surface area (Å²) in [4.78, 5) is 0. The average molecular weight is 615 g/mol. The number of aromatic hydroxyl groups is 3. The van der Waals surface area contributed by atoms with Gasteiger partial charge in [-0.05, 0) is 47.5 Å². The lowest BCUT2D eigenvalue weighted by atomic mass is 9.99. The highest BCUT2D eigenvalue weighted by Crippen LogP contribution is 2.45. The minimum absolute atomic E-state index is 0.0774. The second-order valence-electron chi connectivity index (χ2n) is 10.3. The Morgan fingerprint density at radius 3 is 2.02 bits per heavy atom. The van der Waals surface area contributed by atoms with E-state index in [2.05, 4.69) is 0 Å². The van der Waals surface area contributed by atoms with E-state index in [9.17, 15) is 35.7 Å². The van der Waals surface area contributed by atoms with Crippen LogP contribution in [0.4, 0.5) is 0 Å². The highest BCUT2D eigenvalue weighted by molar-refractivity contribution is 5.72. The maximum atomic E-state index is 10.5. The van der Waals surface area contributed by atoms with Crippen molar-refractivity contribution in [1.82, 2.24) is 0 Å². The lowest BCUT2D eigenvalue weighted by Gasteiger charge is -2.41. The summed E-state index contributed by atoms with van der Waals surface area (Å²) < 4.78 is 34.6. The van der Waals surface area contributed by atoms with Crippen LogP contribution < -0.4 is 18.9 Å². The highest BCUT2D eigenvalue weighted by Gasteiger charge is 2.45. The van der Waals surface area contributed by atoms with E-state index in [1.165, 1.54) is 32.4 Å². The Labute approximate surface area is 252 Å². The fourth-order valence-corrected chi connectivity index (χ4v) is 5.04. The lowest BCUT2D eigenvalue weighted by Crippen LogP contribution is -2.59. The number of phenolic OH excluding ortho intramolecular Hbond substituents is 3. The van der Waals surface area contributed by atoms with E-state index < -0.39 is 49.5 Å². The number of ether oxygens (including phenoxy) is 6. The molecule has 0 spiro atoms. The van der Waals surface area contributed by atoms with Gasteiger partial charge in [0.15, 0.2) is 41.5 Å². The quantitative estimate of drug-likeness (QED) is 0.172. The lowest BCUT2D eigenvalue weighted by molar-refractivity contribution is -0.305. The molecule has 2 heterocycles. The SMILES string of the molecule is COc1cc([C@@H]2Oc3cc(/C=C/c4cc(O)cc(O)c4)ccc3O[C@H]2CO[C@@H]2O[C@H](CO)[C@@H](O)[C@H](O)[C@H]2O)cc(OC)c1O. The van der Waals surface area contributed by atoms with Gasteiger partial charge in [-0.3, -0.25) is 0 Å². The molecule has 0 bridgehead atoms. The Hall–Kier alpha value is -4.24. The summed E-state index contributed by atoms with van der Waals surface area (Å²) >= 11 is 0. The second-order valence-corrected chi connectivity index (χ2v) is 10.3. The standard InChI is InChI=1S/C31H34O13/c1-39-22-10-17(11-23(40-2)26(22)35)30-25(14-41-31-29(38)28(37)27(36)24(13-32)44-31)42-20-6-5-15(9-21(20)43-30)3-4-16-7-18(33)12-19(34)8-16/h3-12,24-25,27-38H,13-14H2,1-2H3/b4-3+/t24-,25+,27-,28+,29-,30+,31-/m1/s1. The van der Waals surface area contributed by atoms with Crippen molar-refractivity contribution < 1.29 is 64.2 Å². The smallest absolute Gasteiger partial charge is 0.200 e. The van der Waals surface area contributed by atoms with Gasteiger partial charge in [0.2, 0.25) is 5.75 Å². The molecule has 0 aromatic heterocycles. The van der Waals surface area contributed by atoms with Gasteiger partial charge >= 0.3 is 0 Å². The summed E-state index contributed by atoms with van der Waals surface area (Å²) in [7, 11) is 2.77. The maximum Gasteiger partial charge on any atom is 0.200 e. The third kappa shape index (κ3) is 6.48. The number of benzene rings is 3. The molecule has 236 valence electrons. The summed E-state index contributed by atoms with van der Waals surface area (Å²) in [6.45, 7) is -0.846. The Bertz CT molecular complexity index is 1440. The van der Waals surface area contributed by atoms with Gasteiger partial charge in [0.1, 0.15) is 35.9 Å². The molecule has 13 nitrogen and oxygen atoms in total. The van der Waals surface area contributed by atoms with Crippen molar-refractivity contribution in [1.29, 1.82) is 0 Å². The molecule has 0 unspecified atom stereocenters. The molecular formula is C31H34O13. The largest absolute Gasteiger partial charge is 0.508 e. The molecule has 0 aliphatic carbocycles. The number of methoxy groups -OCH3 is 2. The van der Waals surface area contributed by atoms with E-state index in [0.717, 1.165) is 0 Å². The molecular weight excluding hydrogens is 580 g/mol. The van der Waals surface area contributed by atoms with E-state index in [-0.39, 0.29) is 35.4 Å². The molecule has 2 aliphatic rings. The third-order valence-corrected chi connectivity index (χ3v) is 7.33. The van der Waals surface area contributed by atoms with Gasteiger partial charge in [-0.1, -0.05) is 18.2 Å². The van der Waals surface area contributed by atoms with Crippen molar-refractivity contribution in [2.24, 2.45) is 0 Å². The van der Waals surface area contributed by atoms with Crippen molar-refractivity contribution >= 4 is 12.2 Å². The topological polar surface area (TPSA) is 197 Å². The van der Waals surface area contributed by atoms with Crippen LogP contribution in [0.5, 0.6) is 40.2 Å². The first-order valence-electron chi connectivity index (χ1n) is 13.7. The van der Waals surface area contributed by atoms with Gasteiger partial charge < -0.3 is 64.2 Å². The molecule has 3 aromatic carbocycles. The van der Waals surface area contributed by atoms with Crippen molar-refractivity contribution in [2.75, 3.05) is 27.4 Å². The van der Waals surface area contributed by atoms with Gasteiger partial charge in [-0.15, -0.1) is 0 Å². The molecule has 1 saturated heterocycles. The van der Waals surface area contributed by atoms with Crippen LogP contribution in [0.2, 0.25) is 0 Å². The number of fused-ring (bicyclic) bond motifs is 1. The van der Waals surface area contributed by atoms with E-state index in [1.54, 1.807) is 42.5 Å². The normalized spacial score (nSPS) is 26.5. The van der Waals surface area contributed by atoms with Gasteiger partial charge in [-0.25, -0.2) is 0 Å². The zero-order valence-electron chi connectivity index (χ0n) is 23.8. The third-order valence-electron chi connectivity index (χ3n) is 7.33. The molecule has 5 rings (SSSR count). The van der Waals surface area contributed by atoms with Crippen LogP contribution in [0, 0.1) is 0 Å². The maximum absolute atomic E-state index is 10.5. The fraction of sp³-hybridized carbons (Fsp3) is 0.355. The van der Waals surface area contributed by atoms with Crippen LogP contribution in [-0.2, 0) is 9.47 Å². The summed E-state index contributed by atoms with van der Waals surface area (Å²) in [5, 5.41) is 70.2. The summed E-state index contributed by atoms with van der Waals surface area (Å²) in [5.74, 6) is 0.606. The van der Waals surface area contributed by atoms with E-state index in [4.69, 9.17) is 28.4 Å². The molecule has 0 radical (unpaired) electrons. The van der Waals surface area contributed by atoms with Crippen molar-refractivity contribution in [3.63, 3.8) is 0 Å². The zero-order chi connectivity index (χ0) is 31.5. The zero-order valence-corrected chi connectivity index (χ0v) is 23.8. The number of hydrogen-bond acceptors (Lipinski definition) is 13. The second kappa shape index (κ2) is 13.2. The number of hydrogen-bond donors (Lipinski definition) is 7. The van der Waals surface area contributed by atoms with Crippen LogP contribution in [0.1, 0.15) is 22.8 Å². The molecule has 7 N–H and O–H groups in total. The Kier molecular flexibility index (Phi) is 9.34. The molecule has 0 saturated carbocycles. The molecule has 44 heavy (non-hydrogen) atoms. The molecule has 1 fully saturated rings. The van der Waals surface area contributed by atoms with Gasteiger partial charge in [-0.2, -0.15) is 0 Å². The molecule has 7 atom stereocenters. The first kappa shape index (κ1) is 31.2. The number of rotatable bonds is 9. The highest BCUT2D eigenvalue weighted by atomic mass is 16.7. The first-order valence-corrected chi connectivity index (χ1v) is 13.7. The molecule has 0 amide bonds. The Morgan fingerprint density at radius 2 is 1.39 bits per heavy atom. The summed E-state index contributed by atoms with van der Waals surface area (Å²) in [6, 6.07) is 12.5. The van der Waals surface area contributed by atoms with E-state index in [1.807, 2.05) is 0 Å². The monoisotopic (exact) mass is 614 g/mol. The fourth-order valence-electron chi connectivity index (χ4n) is 5.04. The average Bonchev–Trinajstić information content (AvgIpc) is 3.01. The molecule has 2 aliphatic heterocycles. The first-order chi connectivity index (χ1) is 21.1. The van der Waals surface area contributed by atoms with Gasteiger partial charge in [0.25, 0.3) is 0 Å². The van der Waals surface area contributed by atoms with Gasteiger partial charge in [0.05, 0.1) is 27.4 Å². The minimum Gasteiger partial charge on any atom is -0.508 e. The minimum atomic E-state index is -1.62. The molecule has 3 aromatic rings. The van der Waals surface area contributed by atoms with Crippen LogP contribution in [0.15, 0.2) is 48.5 Å². The number of aliphatic hydroxyl groups is 4. The Morgan fingerprint density at radius 1 is 0.727 bits per heavy atom. The van der Waals surface area contributed by atoms with E-state index >= 15 is 0 Å². The van der Waals surface area contributed by atoms with Crippen LogP contribution in [0.25, 0.3) is 12.2 Å². The van der Waals surface area contributed by atoms with Crippen molar-refractivity contribution in [2.45, 2.75) is 42.9 Å². The van der Waals surface area contributed by atoms with Crippen molar-refractivity contribution in [3.8, 4) is 40.2 Å². The number of aliphatic hydroxyl groups excluding tert-OH is 4. The van der Waals surface area contributed by atoms with E-state index in [0.29, 0.717) is 28.2 Å². The van der Waals surface area contributed by atoms with Crippen LogP contribution in [-0.4, -0.2) is 100.0 Å². The summed E-state index contributed by atoms with van der Waals surface area (Å²) in [5.41, 5.74) is 1.77. The van der Waals surface area contributed by atoms with Crippen LogP contribution in [0.3, 0.4) is 0 Å². The predicted molar refractivity (Wildman–Crippen MR) is 154 cm³/mol. The molecule has 13 heteroatoms. The Balaban J connectivity index is 1.44. The summed E-state index contributed by atoms with van der Waals surface area (Å²) in [6.07, 6.45) is -5.61.